The van der Waals surface area contributed by atoms with Gasteiger partial charge in [-0.15, -0.1) is 0 Å². The Morgan fingerprint density at radius 2 is 0.815 bits per heavy atom. The first-order valence-electron chi connectivity index (χ1n) is 18.8. The molecule has 0 heterocycles. The average molecular weight is 739 g/mol. The van der Waals surface area contributed by atoms with E-state index in [2.05, 4.69) is 6.92 Å². The van der Waals surface area contributed by atoms with E-state index < -0.39 is 17.9 Å². The normalized spacial score (nSPS) is 12.3. The van der Waals surface area contributed by atoms with Crippen molar-refractivity contribution in [2.75, 3.05) is 6.61 Å². The van der Waals surface area contributed by atoms with Crippen LogP contribution in [0, 0.1) is 0 Å². The molecule has 8 bridgehead atoms. The first kappa shape index (κ1) is 39.7. The van der Waals surface area contributed by atoms with E-state index >= 15 is 0 Å². The monoisotopic (exact) mass is 738 g/mol. The molecular weight excluding hydrogens is 688 g/mol. The van der Waals surface area contributed by atoms with E-state index in [1.807, 2.05) is 18.2 Å². The van der Waals surface area contributed by atoms with Crippen LogP contribution in [0.3, 0.4) is 0 Å². The molecule has 286 valence electrons. The third-order valence-electron chi connectivity index (χ3n) is 9.99. The van der Waals surface area contributed by atoms with E-state index in [9.17, 15) is 45.0 Å². The predicted octanol–water partition coefficient (Wildman–Crippen LogP) is 7.88. The van der Waals surface area contributed by atoms with Crippen LogP contribution in [0.25, 0.3) is 0 Å². The fourth-order valence-electron chi connectivity index (χ4n) is 7.47. The van der Waals surface area contributed by atoms with Gasteiger partial charge in [0.15, 0.2) is 0 Å². The number of ether oxygens (including phenoxy) is 1. The van der Waals surface area contributed by atoms with Crippen LogP contribution in [0.1, 0.15) is 119 Å². The molecule has 0 radical (unpaired) electrons. The van der Waals surface area contributed by atoms with Crippen molar-refractivity contribution in [3.05, 3.63) is 116 Å². The third kappa shape index (κ3) is 10.6. The lowest BCUT2D eigenvalue weighted by Gasteiger charge is -2.21. The molecule has 0 spiro atoms. The third-order valence-corrected chi connectivity index (χ3v) is 9.99. The summed E-state index contributed by atoms with van der Waals surface area (Å²) >= 11 is 0. The second kappa shape index (κ2) is 18.5. The lowest BCUT2D eigenvalue weighted by atomic mass is 9.88. The van der Waals surface area contributed by atoms with E-state index in [0.29, 0.717) is 62.4 Å². The summed E-state index contributed by atoms with van der Waals surface area (Å²) in [5.41, 5.74) is 5.01. The number of carbonyl (C=O) groups is 3. The minimum Gasteiger partial charge on any atom is -0.507 e. The molecule has 1 aliphatic rings. The summed E-state index contributed by atoms with van der Waals surface area (Å²) in [6.07, 6.45) is 8.34. The number of para-hydroxylation sites is 1. The van der Waals surface area contributed by atoms with Gasteiger partial charge in [-0.2, -0.15) is 0 Å². The molecule has 0 aromatic heterocycles. The van der Waals surface area contributed by atoms with Crippen molar-refractivity contribution in [3.8, 4) is 23.0 Å². The Morgan fingerprint density at radius 3 is 1.15 bits per heavy atom. The number of hydrogen-bond donors (Lipinski definition) is 6. The quantitative estimate of drug-likeness (QED) is 0.0545. The number of carboxylic acid groups (broad SMARTS) is 3. The van der Waals surface area contributed by atoms with E-state index in [1.165, 1.54) is 32.1 Å². The zero-order chi connectivity index (χ0) is 38.8. The van der Waals surface area contributed by atoms with Crippen molar-refractivity contribution in [1.29, 1.82) is 0 Å². The van der Waals surface area contributed by atoms with Crippen molar-refractivity contribution in [3.63, 3.8) is 0 Å². The smallest absolute Gasteiger partial charge is 0.307 e. The maximum atomic E-state index is 11.9. The Morgan fingerprint density at radius 1 is 0.500 bits per heavy atom. The molecule has 4 aromatic carbocycles. The van der Waals surface area contributed by atoms with Crippen LogP contribution in [-0.2, 0) is 59.3 Å². The molecule has 0 amide bonds. The molecule has 54 heavy (non-hydrogen) atoms. The molecule has 0 saturated carbocycles. The minimum atomic E-state index is -1.09. The Labute approximate surface area is 315 Å². The molecule has 0 saturated heterocycles. The predicted molar refractivity (Wildman–Crippen MR) is 204 cm³/mol. The summed E-state index contributed by atoms with van der Waals surface area (Å²) in [7, 11) is 0. The first-order chi connectivity index (χ1) is 25.9. The number of hydrogen-bond acceptors (Lipinski definition) is 7. The summed E-state index contributed by atoms with van der Waals surface area (Å²) in [5, 5.41) is 64.1. The van der Waals surface area contributed by atoms with Gasteiger partial charge in [-0.1, -0.05) is 106 Å². The van der Waals surface area contributed by atoms with Crippen LogP contribution in [0.2, 0.25) is 0 Å². The second-order valence-electron chi connectivity index (χ2n) is 14.4. The van der Waals surface area contributed by atoms with E-state index in [-0.39, 0.29) is 62.2 Å². The van der Waals surface area contributed by atoms with E-state index in [0.717, 1.165) is 30.4 Å². The summed E-state index contributed by atoms with van der Waals surface area (Å²) in [4.78, 5) is 35.5. The fourth-order valence-corrected chi connectivity index (χ4v) is 7.47. The molecule has 6 N–H and O–H groups in total. The maximum absolute atomic E-state index is 11.9. The number of unbranched alkanes of at least 4 members (excludes halogenated alkanes) is 7. The van der Waals surface area contributed by atoms with Crippen LogP contribution >= 0.6 is 0 Å². The highest BCUT2D eigenvalue weighted by atomic mass is 16.5. The van der Waals surface area contributed by atoms with Crippen LogP contribution in [0.4, 0.5) is 0 Å². The van der Waals surface area contributed by atoms with Crippen LogP contribution in [0.15, 0.2) is 54.6 Å². The zero-order valence-electron chi connectivity index (χ0n) is 30.8. The fraction of sp³-hybridized carbons (Fsp3) is 0.386. The summed E-state index contributed by atoms with van der Waals surface area (Å²) in [5.74, 6) is -2.91. The van der Waals surface area contributed by atoms with Gasteiger partial charge in [0, 0.05) is 25.7 Å². The number of aromatic hydroxyl groups is 3. The lowest BCUT2D eigenvalue weighted by Crippen LogP contribution is -2.08. The van der Waals surface area contributed by atoms with Gasteiger partial charge in [-0.3, -0.25) is 14.4 Å². The number of phenolic OH excluding ortho intramolecular Hbond substituents is 3. The van der Waals surface area contributed by atoms with E-state index in [1.54, 1.807) is 36.4 Å². The lowest BCUT2D eigenvalue weighted by molar-refractivity contribution is -0.137. The second-order valence-corrected chi connectivity index (χ2v) is 14.4. The average Bonchev–Trinajstić information content (AvgIpc) is 3.09. The SMILES string of the molecule is CCCCCCCCCCOc1c2cccc1Cc1cc(CC(=O)O)cc(c1O)Cc1cc(CC(=O)O)cc(c1O)Cc1cc(CC(=O)O)cc(c1O)C2. The highest BCUT2D eigenvalue weighted by molar-refractivity contribution is 5.72. The number of phenols is 3. The molecular formula is C44H50O10. The van der Waals surface area contributed by atoms with Gasteiger partial charge in [-0.25, -0.2) is 0 Å². The van der Waals surface area contributed by atoms with Crippen molar-refractivity contribution < 1.29 is 49.8 Å². The van der Waals surface area contributed by atoms with Gasteiger partial charge >= 0.3 is 17.9 Å². The molecule has 10 nitrogen and oxygen atoms in total. The van der Waals surface area contributed by atoms with Gasteiger partial charge < -0.3 is 35.4 Å². The number of fused-ring (bicyclic) bond motifs is 8. The van der Waals surface area contributed by atoms with Gasteiger partial charge in [0.25, 0.3) is 0 Å². The Kier molecular flexibility index (Phi) is 13.6. The molecule has 10 heteroatoms. The molecule has 5 rings (SSSR count). The van der Waals surface area contributed by atoms with Crippen LogP contribution in [0.5, 0.6) is 23.0 Å². The highest BCUT2D eigenvalue weighted by Crippen LogP contribution is 2.39. The zero-order valence-corrected chi connectivity index (χ0v) is 30.8. The van der Waals surface area contributed by atoms with Crippen LogP contribution in [-0.4, -0.2) is 55.2 Å². The number of carboxylic acids is 3. The molecule has 0 aliphatic heterocycles. The van der Waals surface area contributed by atoms with Gasteiger partial charge in [0.1, 0.15) is 23.0 Å². The molecule has 1 aliphatic carbocycles. The molecule has 0 atom stereocenters. The van der Waals surface area contributed by atoms with E-state index in [4.69, 9.17) is 4.74 Å². The molecule has 0 unspecified atom stereocenters. The van der Waals surface area contributed by atoms with Crippen LogP contribution < -0.4 is 4.74 Å². The van der Waals surface area contributed by atoms with Gasteiger partial charge in [0.2, 0.25) is 0 Å². The van der Waals surface area contributed by atoms with Crippen molar-refractivity contribution in [2.45, 2.75) is 103 Å². The number of rotatable bonds is 16. The molecule has 0 fully saturated rings. The summed E-state index contributed by atoms with van der Waals surface area (Å²) < 4.78 is 6.53. The summed E-state index contributed by atoms with van der Waals surface area (Å²) in [6, 6.07) is 15.2. The van der Waals surface area contributed by atoms with Gasteiger partial charge in [0.05, 0.1) is 25.9 Å². The largest absolute Gasteiger partial charge is 0.507 e. The maximum Gasteiger partial charge on any atom is 0.307 e. The summed E-state index contributed by atoms with van der Waals surface area (Å²) in [6.45, 7) is 2.64. The highest BCUT2D eigenvalue weighted by Gasteiger charge is 2.23. The number of aliphatic carboxylic acids is 3. The van der Waals surface area contributed by atoms with Crippen molar-refractivity contribution in [2.24, 2.45) is 0 Å². The van der Waals surface area contributed by atoms with Crippen molar-refractivity contribution >= 4 is 17.9 Å². The molecule has 4 aromatic rings. The standard InChI is InChI=1S/C44H50O10/c1-2-3-4-5-6-7-8-9-13-54-44-30-11-10-12-31(44)24-33-15-28(21-39(47)48)17-35(42(33)52)26-37-19-29(22-40(49)50)18-36(43(37)53)25-34-16-27(20-38(45)46)14-32(23-30)41(34)51/h10-12,14-19,51-53H,2-9,13,20-26H2,1H3,(H,45,46)(H,47,48)(H,49,50). The first-order valence-corrected chi connectivity index (χ1v) is 18.8. The van der Waals surface area contributed by atoms with Crippen molar-refractivity contribution in [1.82, 2.24) is 0 Å². The Balaban J connectivity index is 1.64. The topological polar surface area (TPSA) is 182 Å². The Hall–Kier alpha value is -5.51. The number of benzene rings is 4. The van der Waals surface area contributed by atoms with Gasteiger partial charge in [-0.05, 0) is 67.6 Å². The minimum absolute atomic E-state index is 0.0449. The Bertz CT molecular complexity index is 1880.